The minimum Gasteiger partial charge on any atom is -0.478 e. The highest BCUT2D eigenvalue weighted by Crippen LogP contribution is 2.35. The number of rotatable bonds is 7. The molecule has 158 valence electrons. The third kappa shape index (κ3) is 3.82. The monoisotopic (exact) mass is 428 g/mol. The molecule has 0 radical (unpaired) electrons. The predicted molar refractivity (Wildman–Crippen MR) is 112 cm³/mol. The van der Waals surface area contributed by atoms with Crippen LogP contribution in [0.3, 0.4) is 0 Å². The molecule has 8 nitrogen and oxygen atoms in total. The van der Waals surface area contributed by atoms with Crippen LogP contribution in [0.15, 0.2) is 47.8 Å². The lowest BCUT2D eigenvalue weighted by atomic mass is 9.90. The first-order valence-corrected chi connectivity index (χ1v) is 11.4. The summed E-state index contributed by atoms with van der Waals surface area (Å²) < 4.78 is 34.6. The summed E-state index contributed by atoms with van der Waals surface area (Å²) in [6.45, 7) is 3.45. The first-order valence-electron chi connectivity index (χ1n) is 10.0. The third-order valence-electron chi connectivity index (χ3n) is 5.47. The topological polar surface area (TPSA) is 94.4 Å². The highest BCUT2D eigenvalue weighted by Gasteiger charge is 2.31. The fourth-order valence-corrected chi connectivity index (χ4v) is 5.42. The van der Waals surface area contributed by atoms with Crippen LogP contribution in [-0.2, 0) is 21.4 Å². The van der Waals surface area contributed by atoms with Crippen molar-refractivity contribution in [2.45, 2.75) is 37.1 Å². The molecule has 4 rings (SSSR count). The molecule has 0 N–H and O–H groups in total. The Morgan fingerprint density at radius 2 is 2.00 bits per heavy atom. The molecule has 1 aliphatic rings. The van der Waals surface area contributed by atoms with Crippen LogP contribution >= 0.6 is 0 Å². The molecule has 0 spiro atoms. The van der Waals surface area contributed by atoms with E-state index >= 15 is 0 Å². The molecular weight excluding hydrogens is 404 g/mol. The Hall–Kier alpha value is -2.78. The number of fused-ring (bicyclic) bond motifs is 1. The van der Waals surface area contributed by atoms with Crippen LogP contribution in [-0.4, -0.2) is 53.2 Å². The average molecular weight is 429 g/mol. The molecule has 0 aromatic carbocycles. The number of piperidine rings is 1. The quantitative estimate of drug-likeness (QED) is 0.537. The van der Waals surface area contributed by atoms with Crippen LogP contribution < -0.4 is 4.74 Å². The molecule has 0 amide bonds. The fourth-order valence-electron chi connectivity index (χ4n) is 4.00. The first-order chi connectivity index (χ1) is 14.5. The SMILES string of the molecule is CCOc1ccc(S(=O)(=O)N2CCC(c3cn(CC=O)c4ncccc34)CC2)cn1. The van der Waals surface area contributed by atoms with Crippen molar-refractivity contribution in [1.82, 2.24) is 18.8 Å². The number of pyridine rings is 2. The maximum atomic E-state index is 13.0. The van der Waals surface area contributed by atoms with E-state index in [0.717, 1.165) is 22.9 Å². The molecule has 0 atom stereocenters. The van der Waals surface area contributed by atoms with Crippen molar-refractivity contribution in [2.24, 2.45) is 0 Å². The van der Waals surface area contributed by atoms with Crippen LogP contribution in [0.25, 0.3) is 11.0 Å². The normalized spacial score (nSPS) is 16.0. The van der Waals surface area contributed by atoms with Gasteiger partial charge in [-0.25, -0.2) is 18.4 Å². The van der Waals surface area contributed by atoms with Crippen molar-refractivity contribution in [3.05, 3.63) is 48.4 Å². The van der Waals surface area contributed by atoms with Gasteiger partial charge in [0.25, 0.3) is 0 Å². The van der Waals surface area contributed by atoms with Gasteiger partial charge in [0, 0.05) is 36.9 Å². The Morgan fingerprint density at radius 3 is 2.67 bits per heavy atom. The van der Waals surface area contributed by atoms with Gasteiger partial charge in [0.1, 0.15) is 16.8 Å². The van der Waals surface area contributed by atoms with Crippen LogP contribution in [0, 0.1) is 0 Å². The second kappa shape index (κ2) is 8.53. The van der Waals surface area contributed by atoms with Crippen LogP contribution in [0.5, 0.6) is 5.88 Å². The highest BCUT2D eigenvalue weighted by atomic mass is 32.2. The molecule has 3 aromatic rings. The Labute approximate surface area is 175 Å². The number of aldehydes is 1. The molecule has 0 saturated carbocycles. The molecular formula is C21H24N4O4S. The fraction of sp³-hybridized carbons (Fsp3) is 0.381. The van der Waals surface area contributed by atoms with Gasteiger partial charge in [0.2, 0.25) is 15.9 Å². The van der Waals surface area contributed by atoms with E-state index in [1.165, 1.54) is 16.6 Å². The van der Waals surface area contributed by atoms with Crippen molar-refractivity contribution >= 4 is 27.3 Å². The zero-order valence-corrected chi connectivity index (χ0v) is 17.6. The molecule has 0 aliphatic carbocycles. The smallest absolute Gasteiger partial charge is 0.244 e. The van der Waals surface area contributed by atoms with Crippen LogP contribution in [0.1, 0.15) is 31.2 Å². The van der Waals surface area contributed by atoms with E-state index in [1.54, 1.807) is 12.3 Å². The standard InChI is InChI=1S/C21H24N4O4S/c1-2-29-20-6-5-17(14-23-20)30(27,28)25-10-7-16(8-11-25)19-15-24(12-13-26)21-18(19)4-3-9-22-21/h3-6,9,13-16H,2,7-8,10-12H2,1H3. The van der Waals surface area contributed by atoms with Crippen molar-refractivity contribution < 1.29 is 17.9 Å². The van der Waals surface area contributed by atoms with Crippen LogP contribution in [0.2, 0.25) is 0 Å². The summed E-state index contributed by atoms with van der Waals surface area (Å²) in [4.78, 5) is 19.7. The van der Waals surface area contributed by atoms with E-state index in [4.69, 9.17) is 4.74 Å². The van der Waals surface area contributed by atoms with E-state index < -0.39 is 10.0 Å². The van der Waals surface area contributed by atoms with Gasteiger partial charge in [-0.1, -0.05) is 0 Å². The maximum absolute atomic E-state index is 13.0. The molecule has 9 heteroatoms. The zero-order valence-electron chi connectivity index (χ0n) is 16.8. The lowest BCUT2D eigenvalue weighted by Gasteiger charge is -2.31. The second-order valence-corrected chi connectivity index (χ2v) is 9.16. The number of carbonyl (C=O) groups excluding carboxylic acids is 1. The minimum atomic E-state index is -3.59. The number of hydrogen-bond donors (Lipinski definition) is 0. The van der Waals surface area contributed by atoms with Gasteiger partial charge < -0.3 is 14.1 Å². The van der Waals surface area contributed by atoms with E-state index in [0.29, 0.717) is 38.4 Å². The largest absolute Gasteiger partial charge is 0.478 e. The molecule has 1 saturated heterocycles. The third-order valence-corrected chi connectivity index (χ3v) is 7.35. The van der Waals surface area contributed by atoms with Gasteiger partial charge in [-0.15, -0.1) is 0 Å². The molecule has 4 heterocycles. The van der Waals surface area contributed by atoms with E-state index in [1.807, 2.05) is 29.8 Å². The van der Waals surface area contributed by atoms with Crippen molar-refractivity contribution in [3.8, 4) is 5.88 Å². The van der Waals surface area contributed by atoms with E-state index in [9.17, 15) is 13.2 Å². The summed E-state index contributed by atoms with van der Waals surface area (Å²) in [5, 5.41) is 1.02. The van der Waals surface area contributed by atoms with Gasteiger partial charge in [0.05, 0.1) is 19.3 Å². The van der Waals surface area contributed by atoms with Gasteiger partial charge in [-0.2, -0.15) is 4.31 Å². The zero-order chi connectivity index (χ0) is 21.1. The van der Waals surface area contributed by atoms with Gasteiger partial charge in [0.15, 0.2) is 0 Å². The Balaban J connectivity index is 1.51. The summed E-state index contributed by atoms with van der Waals surface area (Å²) in [5.74, 6) is 0.630. The van der Waals surface area contributed by atoms with Crippen LogP contribution in [0.4, 0.5) is 0 Å². The summed E-state index contributed by atoms with van der Waals surface area (Å²) in [7, 11) is -3.59. The summed E-state index contributed by atoms with van der Waals surface area (Å²) in [6.07, 6.45) is 7.32. The molecule has 30 heavy (non-hydrogen) atoms. The number of carbonyl (C=O) groups is 1. The second-order valence-electron chi connectivity index (χ2n) is 7.22. The Morgan fingerprint density at radius 1 is 1.20 bits per heavy atom. The maximum Gasteiger partial charge on any atom is 0.244 e. The van der Waals surface area contributed by atoms with Crippen molar-refractivity contribution in [1.29, 1.82) is 0 Å². The molecule has 0 bridgehead atoms. The van der Waals surface area contributed by atoms with Gasteiger partial charge >= 0.3 is 0 Å². The van der Waals surface area contributed by atoms with Gasteiger partial charge in [-0.05, 0) is 49.4 Å². The average Bonchev–Trinajstić information content (AvgIpc) is 3.13. The summed E-state index contributed by atoms with van der Waals surface area (Å²) >= 11 is 0. The van der Waals surface area contributed by atoms with E-state index in [-0.39, 0.29) is 17.4 Å². The molecule has 3 aromatic heterocycles. The number of ether oxygens (including phenoxy) is 1. The summed E-state index contributed by atoms with van der Waals surface area (Å²) in [6, 6.07) is 7.01. The number of sulfonamides is 1. The number of nitrogens with zero attached hydrogens (tertiary/aromatic N) is 4. The first kappa shape index (κ1) is 20.5. The highest BCUT2D eigenvalue weighted by molar-refractivity contribution is 7.89. The van der Waals surface area contributed by atoms with Gasteiger partial charge in [-0.3, -0.25) is 0 Å². The summed E-state index contributed by atoms with van der Waals surface area (Å²) in [5.41, 5.74) is 1.91. The lowest BCUT2D eigenvalue weighted by molar-refractivity contribution is -0.108. The Bertz CT molecular complexity index is 1130. The Kier molecular flexibility index (Phi) is 5.83. The van der Waals surface area contributed by atoms with E-state index in [2.05, 4.69) is 9.97 Å². The van der Waals surface area contributed by atoms with Crippen molar-refractivity contribution in [3.63, 3.8) is 0 Å². The number of aromatic nitrogens is 3. The molecule has 1 aliphatic heterocycles. The number of hydrogen-bond acceptors (Lipinski definition) is 6. The molecule has 0 unspecified atom stereocenters. The van der Waals surface area contributed by atoms with Crippen molar-refractivity contribution in [2.75, 3.05) is 19.7 Å². The lowest BCUT2D eigenvalue weighted by Crippen LogP contribution is -2.37. The predicted octanol–water partition coefficient (Wildman–Crippen LogP) is 2.60. The molecule has 1 fully saturated rings. The minimum absolute atomic E-state index is 0.177.